The van der Waals surface area contributed by atoms with Gasteiger partial charge in [0.1, 0.15) is 5.69 Å². The normalized spacial score (nSPS) is 10.2. The monoisotopic (exact) mass is 271 g/mol. The van der Waals surface area contributed by atoms with E-state index in [4.69, 9.17) is 5.84 Å². The van der Waals surface area contributed by atoms with Crippen LogP contribution in [0.2, 0.25) is 0 Å². The smallest absolute Gasteiger partial charge is 0.274 e. The Hall–Kier alpha value is -2.47. The second-order valence-corrected chi connectivity index (χ2v) is 4.37. The Bertz CT molecular complexity index is 609. The molecule has 0 fully saturated rings. The molecule has 1 aromatic carbocycles. The number of nitrogens with one attached hydrogen (secondary N) is 2. The van der Waals surface area contributed by atoms with Crippen LogP contribution in [0, 0.1) is 6.92 Å². The minimum Gasteiger partial charge on any atom is -0.321 e. The van der Waals surface area contributed by atoms with E-state index in [1.54, 1.807) is 13.0 Å². The quantitative estimate of drug-likeness (QED) is 0.583. The predicted molar refractivity (Wildman–Crippen MR) is 78.4 cm³/mol. The molecule has 0 aliphatic carbocycles. The molecule has 0 radical (unpaired) electrons. The Labute approximate surface area is 117 Å². The molecule has 0 bridgehead atoms. The molecule has 6 nitrogen and oxygen atoms in total. The summed E-state index contributed by atoms with van der Waals surface area (Å²) in [6, 6.07) is 9.30. The lowest BCUT2D eigenvalue weighted by molar-refractivity contribution is 0.102. The number of rotatable bonds is 4. The van der Waals surface area contributed by atoms with Gasteiger partial charge in [0.15, 0.2) is 0 Å². The molecule has 1 aromatic heterocycles. The van der Waals surface area contributed by atoms with E-state index >= 15 is 0 Å². The van der Waals surface area contributed by atoms with Gasteiger partial charge in [0.25, 0.3) is 5.91 Å². The van der Waals surface area contributed by atoms with Crippen LogP contribution in [0.25, 0.3) is 0 Å². The first kappa shape index (κ1) is 14.0. The van der Waals surface area contributed by atoms with Crippen molar-refractivity contribution in [2.45, 2.75) is 20.3 Å². The molecule has 2 rings (SSSR count). The number of hydrazine groups is 1. The van der Waals surface area contributed by atoms with Crippen LogP contribution in [0.5, 0.6) is 0 Å². The van der Waals surface area contributed by atoms with Crippen molar-refractivity contribution >= 4 is 17.5 Å². The zero-order valence-electron chi connectivity index (χ0n) is 11.5. The van der Waals surface area contributed by atoms with Gasteiger partial charge < -0.3 is 5.32 Å². The first-order valence-corrected chi connectivity index (χ1v) is 6.35. The van der Waals surface area contributed by atoms with E-state index in [9.17, 15) is 4.79 Å². The summed E-state index contributed by atoms with van der Waals surface area (Å²) >= 11 is 0. The van der Waals surface area contributed by atoms with Crippen LogP contribution in [0.3, 0.4) is 0 Å². The van der Waals surface area contributed by atoms with Crippen molar-refractivity contribution in [3.05, 3.63) is 47.3 Å². The molecular formula is C14H17N5O. The fraction of sp³-hybridized carbons (Fsp3) is 0.214. The Morgan fingerprint density at radius 1 is 1.25 bits per heavy atom. The van der Waals surface area contributed by atoms with Crippen LogP contribution < -0.4 is 16.6 Å². The first-order valence-electron chi connectivity index (χ1n) is 6.35. The molecule has 0 spiro atoms. The summed E-state index contributed by atoms with van der Waals surface area (Å²) in [6.07, 6.45) is 0.963. The lowest BCUT2D eigenvalue weighted by atomic mass is 10.1. The Morgan fingerprint density at radius 3 is 2.55 bits per heavy atom. The highest BCUT2D eigenvalue weighted by molar-refractivity contribution is 6.03. The van der Waals surface area contributed by atoms with Gasteiger partial charge in [0, 0.05) is 11.4 Å². The van der Waals surface area contributed by atoms with Crippen LogP contribution in [0.1, 0.15) is 28.7 Å². The number of amides is 1. The summed E-state index contributed by atoms with van der Waals surface area (Å²) < 4.78 is 0. The van der Waals surface area contributed by atoms with Gasteiger partial charge in [-0.15, -0.1) is 0 Å². The van der Waals surface area contributed by atoms with E-state index in [1.807, 2.05) is 24.3 Å². The van der Waals surface area contributed by atoms with Crippen LogP contribution in [0.15, 0.2) is 30.3 Å². The van der Waals surface area contributed by atoms with E-state index in [0.29, 0.717) is 5.69 Å². The number of benzene rings is 1. The van der Waals surface area contributed by atoms with Gasteiger partial charge in [-0.2, -0.15) is 0 Å². The van der Waals surface area contributed by atoms with E-state index in [2.05, 4.69) is 27.6 Å². The summed E-state index contributed by atoms with van der Waals surface area (Å²) in [4.78, 5) is 20.2. The number of aromatic nitrogens is 2. The van der Waals surface area contributed by atoms with E-state index < -0.39 is 0 Å². The summed E-state index contributed by atoms with van der Waals surface area (Å²) in [7, 11) is 0. The summed E-state index contributed by atoms with van der Waals surface area (Å²) in [5.74, 6) is 5.19. The molecule has 1 amide bonds. The Morgan fingerprint density at radius 2 is 1.95 bits per heavy atom. The third-order valence-electron chi connectivity index (χ3n) is 2.84. The van der Waals surface area contributed by atoms with Gasteiger partial charge in [0.05, 0.1) is 0 Å². The number of hydrogen-bond donors (Lipinski definition) is 3. The lowest BCUT2D eigenvalue weighted by Gasteiger charge is -2.07. The van der Waals surface area contributed by atoms with Gasteiger partial charge in [-0.25, -0.2) is 15.8 Å². The molecule has 0 aliphatic rings. The maximum Gasteiger partial charge on any atom is 0.274 e. The van der Waals surface area contributed by atoms with Crippen molar-refractivity contribution in [2.24, 2.45) is 5.84 Å². The molecule has 20 heavy (non-hydrogen) atoms. The maximum absolute atomic E-state index is 12.1. The molecule has 0 unspecified atom stereocenters. The molecule has 0 atom stereocenters. The third kappa shape index (κ3) is 3.30. The second kappa shape index (κ2) is 6.12. The van der Waals surface area contributed by atoms with Crippen molar-refractivity contribution in [1.82, 2.24) is 9.97 Å². The van der Waals surface area contributed by atoms with Crippen molar-refractivity contribution in [1.29, 1.82) is 0 Å². The van der Waals surface area contributed by atoms with Crippen molar-refractivity contribution in [2.75, 3.05) is 10.7 Å². The third-order valence-corrected chi connectivity index (χ3v) is 2.84. The summed E-state index contributed by atoms with van der Waals surface area (Å²) in [5.41, 5.74) is 5.22. The molecule has 0 saturated carbocycles. The molecule has 0 aliphatic heterocycles. The zero-order chi connectivity index (χ0) is 14.5. The van der Waals surface area contributed by atoms with E-state index in [-0.39, 0.29) is 17.5 Å². The molecule has 2 aromatic rings. The minimum atomic E-state index is -0.295. The predicted octanol–water partition coefficient (Wildman–Crippen LogP) is 1.89. The highest BCUT2D eigenvalue weighted by Gasteiger charge is 2.10. The van der Waals surface area contributed by atoms with E-state index in [0.717, 1.165) is 12.1 Å². The van der Waals surface area contributed by atoms with Crippen molar-refractivity contribution < 1.29 is 4.79 Å². The minimum absolute atomic E-state index is 0.219. The number of aryl methyl sites for hydroxylation is 2. The topological polar surface area (TPSA) is 92.9 Å². The van der Waals surface area contributed by atoms with Crippen LogP contribution in [0.4, 0.5) is 11.6 Å². The van der Waals surface area contributed by atoms with Gasteiger partial charge in [0.2, 0.25) is 5.95 Å². The zero-order valence-corrected chi connectivity index (χ0v) is 11.5. The van der Waals surface area contributed by atoms with Crippen LogP contribution in [-0.4, -0.2) is 15.9 Å². The average molecular weight is 271 g/mol. The number of nitrogen functional groups attached to an aromatic ring is 1. The standard InChI is InChI=1S/C14H17N5O/c1-3-10-4-6-11(7-5-10)17-13(20)12-8-9(2)16-14(18-12)19-15/h4-8H,3,15H2,1-2H3,(H,17,20)(H,16,18,19). The maximum atomic E-state index is 12.1. The summed E-state index contributed by atoms with van der Waals surface area (Å²) in [6.45, 7) is 3.86. The highest BCUT2D eigenvalue weighted by Crippen LogP contribution is 2.12. The van der Waals surface area contributed by atoms with Crippen LogP contribution in [-0.2, 0) is 6.42 Å². The van der Waals surface area contributed by atoms with Gasteiger partial charge in [-0.05, 0) is 37.1 Å². The van der Waals surface area contributed by atoms with Crippen LogP contribution >= 0.6 is 0 Å². The molecule has 0 saturated heterocycles. The fourth-order valence-electron chi connectivity index (χ4n) is 1.77. The number of carbonyl (C=O) groups is 1. The Balaban J connectivity index is 2.16. The number of nitrogens with zero attached hydrogens (tertiary/aromatic N) is 2. The number of carbonyl (C=O) groups excluding carboxylic acids is 1. The largest absolute Gasteiger partial charge is 0.321 e. The molecule has 104 valence electrons. The number of hydrogen-bond acceptors (Lipinski definition) is 5. The van der Waals surface area contributed by atoms with Gasteiger partial charge in [-0.1, -0.05) is 19.1 Å². The molecule has 1 heterocycles. The lowest BCUT2D eigenvalue weighted by Crippen LogP contribution is -2.18. The number of nitrogens with two attached hydrogens (primary N) is 1. The van der Waals surface area contributed by atoms with Crippen molar-refractivity contribution in [3.63, 3.8) is 0 Å². The Kier molecular flexibility index (Phi) is 4.27. The highest BCUT2D eigenvalue weighted by atomic mass is 16.1. The average Bonchev–Trinajstić information content (AvgIpc) is 2.47. The second-order valence-electron chi connectivity index (χ2n) is 4.37. The van der Waals surface area contributed by atoms with Gasteiger partial charge >= 0.3 is 0 Å². The fourth-order valence-corrected chi connectivity index (χ4v) is 1.77. The van der Waals surface area contributed by atoms with Crippen molar-refractivity contribution in [3.8, 4) is 0 Å². The molecule has 4 N–H and O–H groups in total. The van der Waals surface area contributed by atoms with E-state index in [1.165, 1.54) is 5.56 Å². The first-order chi connectivity index (χ1) is 9.62. The van der Waals surface area contributed by atoms with Gasteiger partial charge in [-0.3, -0.25) is 10.2 Å². The SMILES string of the molecule is CCc1ccc(NC(=O)c2cc(C)nc(NN)n2)cc1. The summed E-state index contributed by atoms with van der Waals surface area (Å²) in [5, 5.41) is 2.79. The molecule has 6 heteroatoms. The number of anilines is 2. The molecular weight excluding hydrogens is 254 g/mol.